The van der Waals surface area contributed by atoms with E-state index in [4.69, 9.17) is 54.1 Å². The number of fused-ring (bicyclic) bond motifs is 1. The summed E-state index contributed by atoms with van der Waals surface area (Å²) in [4.78, 5) is 17.0. The van der Waals surface area contributed by atoms with Crippen LogP contribution in [0, 0.1) is 12.7 Å². The Labute approximate surface area is 198 Å². The predicted molar refractivity (Wildman–Crippen MR) is 121 cm³/mol. The molecule has 7 nitrogen and oxygen atoms in total. The lowest BCUT2D eigenvalue weighted by Gasteiger charge is -2.19. The molecule has 0 saturated heterocycles. The van der Waals surface area contributed by atoms with Crippen molar-refractivity contribution in [1.29, 1.82) is 0 Å². The third-order valence-electron chi connectivity index (χ3n) is 4.41. The molecule has 0 aliphatic rings. The highest BCUT2D eigenvalue weighted by Gasteiger charge is 2.20. The normalized spacial score (nSPS) is 11.3. The molecule has 2 aromatic heterocycles. The smallest absolute Gasteiger partial charge is 0.227 e. The summed E-state index contributed by atoms with van der Waals surface area (Å²) >= 11 is 19.0. The Bertz CT molecular complexity index is 1150. The number of ether oxygens (including phenoxy) is 3. The zero-order valence-electron chi connectivity index (χ0n) is 17.0. The van der Waals surface area contributed by atoms with Crippen molar-refractivity contribution in [1.82, 2.24) is 9.55 Å². The first-order chi connectivity index (χ1) is 15.3. The maximum Gasteiger partial charge on any atom is 0.227 e. The van der Waals surface area contributed by atoms with Gasteiger partial charge in [-0.25, -0.2) is 9.37 Å². The van der Waals surface area contributed by atoms with E-state index in [0.717, 1.165) is 12.1 Å². The second-order valence-corrected chi connectivity index (χ2v) is 7.86. The number of aryl methyl sites for hydroxylation is 1. The van der Waals surface area contributed by atoms with Gasteiger partial charge < -0.3 is 23.9 Å². The predicted octanol–water partition coefficient (Wildman–Crippen LogP) is 4.20. The standard InChI is InChI=1S/C21H20Cl3FN2O5/c1-12-8-17(29)18-20(27(12)19-14(22)9-13(25)10-15(19)23)16(24)11-26-21(18)32-7-6-31-5-4-30-3-2-28/h8-11,28H,2-7H2,1H3. The largest absolute Gasteiger partial charge is 0.475 e. The lowest BCUT2D eigenvalue weighted by Crippen LogP contribution is -2.16. The van der Waals surface area contributed by atoms with Crippen LogP contribution in [0.4, 0.5) is 4.39 Å². The molecular weight excluding hydrogens is 486 g/mol. The van der Waals surface area contributed by atoms with Crippen LogP contribution in [0.15, 0.2) is 29.2 Å². The topological polar surface area (TPSA) is 82.8 Å². The minimum absolute atomic E-state index is 0.0511. The van der Waals surface area contributed by atoms with E-state index in [1.54, 1.807) is 11.5 Å². The molecule has 172 valence electrons. The van der Waals surface area contributed by atoms with Gasteiger partial charge in [-0.15, -0.1) is 0 Å². The monoisotopic (exact) mass is 504 g/mol. The molecule has 0 unspecified atom stereocenters. The van der Waals surface area contributed by atoms with Gasteiger partial charge in [0.1, 0.15) is 17.8 Å². The van der Waals surface area contributed by atoms with E-state index in [0.29, 0.717) is 18.9 Å². The Hall–Kier alpha value is -1.94. The van der Waals surface area contributed by atoms with Gasteiger partial charge in [0, 0.05) is 11.8 Å². The molecule has 0 fully saturated rings. The minimum atomic E-state index is -0.592. The third kappa shape index (κ3) is 5.51. The van der Waals surface area contributed by atoms with E-state index in [9.17, 15) is 9.18 Å². The fourth-order valence-corrected chi connectivity index (χ4v) is 3.99. The fraction of sp³-hybridized carbons (Fsp3) is 0.333. The van der Waals surface area contributed by atoms with Crippen molar-refractivity contribution in [3.8, 4) is 11.6 Å². The summed E-state index contributed by atoms with van der Waals surface area (Å²) < 4.78 is 31.5. The Morgan fingerprint density at radius 3 is 2.28 bits per heavy atom. The van der Waals surface area contributed by atoms with E-state index in [1.165, 1.54) is 12.3 Å². The fourth-order valence-electron chi connectivity index (χ4n) is 3.13. The average molecular weight is 506 g/mol. The van der Waals surface area contributed by atoms with E-state index in [1.807, 2.05) is 0 Å². The molecule has 0 radical (unpaired) electrons. The lowest BCUT2D eigenvalue weighted by molar-refractivity contribution is 0.0245. The van der Waals surface area contributed by atoms with E-state index in [2.05, 4.69) is 4.98 Å². The van der Waals surface area contributed by atoms with Crippen LogP contribution in [-0.4, -0.2) is 54.3 Å². The number of nitrogens with zero attached hydrogens (tertiary/aromatic N) is 2. The molecule has 2 heterocycles. The molecule has 0 amide bonds. The quantitative estimate of drug-likeness (QED) is 0.416. The SMILES string of the molecule is Cc1cc(=O)c2c(OCCOCCOCCO)ncc(Cl)c2n1-c1c(Cl)cc(F)cc1Cl. The lowest BCUT2D eigenvalue weighted by atomic mass is 10.2. The summed E-state index contributed by atoms with van der Waals surface area (Å²) in [6, 6.07) is 3.62. The van der Waals surface area contributed by atoms with Crippen molar-refractivity contribution in [2.24, 2.45) is 0 Å². The van der Waals surface area contributed by atoms with Gasteiger partial charge in [0.2, 0.25) is 5.88 Å². The van der Waals surface area contributed by atoms with Crippen LogP contribution < -0.4 is 10.2 Å². The first kappa shape index (κ1) is 24.7. The van der Waals surface area contributed by atoms with Gasteiger partial charge in [0.15, 0.2) is 5.43 Å². The van der Waals surface area contributed by atoms with Crippen molar-refractivity contribution >= 4 is 45.7 Å². The van der Waals surface area contributed by atoms with Gasteiger partial charge in [0.05, 0.1) is 65.5 Å². The number of pyridine rings is 2. The highest BCUT2D eigenvalue weighted by atomic mass is 35.5. The summed E-state index contributed by atoms with van der Waals surface area (Å²) in [6.07, 6.45) is 1.35. The first-order valence-corrected chi connectivity index (χ1v) is 10.7. The Morgan fingerprint density at radius 2 is 1.62 bits per heavy atom. The van der Waals surface area contributed by atoms with Crippen LogP contribution in [0.25, 0.3) is 16.6 Å². The minimum Gasteiger partial charge on any atom is -0.475 e. The van der Waals surface area contributed by atoms with Crippen LogP contribution in [-0.2, 0) is 9.47 Å². The van der Waals surface area contributed by atoms with E-state index < -0.39 is 5.82 Å². The molecule has 0 bridgehead atoms. The number of aliphatic hydroxyl groups excluding tert-OH is 1. The Balaban J connectivity index is 1.95. The van der Waals surface area contributed by atoms with Crippen LogP contribution in [0.5, 0.6) is 5.88 Å². The summed E-state index contributed by atoms with van der Waals surface area (Å²) in [5, 5.41) is 9.05. The maximum absolute atomic E-state index is 13.7. The zero-order valence-corrected chi connectivity index (χ0v) is 19.3. The van der Waals surface area contributed by atoms with Crippen molar-refractivity contribution in [2.75, 3.05) is 39.6 Å². The molecule has 0 atom stereocenters. The highest BCUT2D eigenvalue weighted by Crippen LogP contribution is 2.36. The Kier molecular flexibility index (Phi) is 8.70. The molecule has 0 saturated carbocycles. The van der Waals surface area contributed by atoms with Crippen LogP contribution in [0.1, 0.15) is 5.69 Å². The molecule has 3 rings (SSSR count). The molecule has 32 heavy (non-hydrogen) atoms. The first-order valence-electron chi connectivity index (χ1n) is 9.60. The number of aliphatic hydroxyl groups is 1. The summed E-state index contributed by atoms with van der Waals surface area (Å²) in [5.41, 5.74) is 0.701. The molecular formula is C21H20Cl3FN2O5. The van der Waals surface area contributed by atoms with Crippen molar-refractivity contribution in [2.45, 2.75) is 6.92 Å². The average Bonchev–Trinajstić information content (AvgIpc) is 2.72. The molecule has 1 aromatic carbocycles. The van der Waals surface area contributed by atoms with Gasteiger partial charge in [-0.05, 0) is 19.1 Å². The van der Waals surface area contributed by atoms with E-state index >= 15 is 0 Å². The number of hydrogen-bond acceptors (Lipinski definition) is 6. The van der Waals surface area contributed by atoms with Crippen LogP contribution in [0.3, 0.4) is 0 Å². The van der Waals surface area contributed by atoms with E-state index in [-0.39, 0.29) is 69.4 Å². The van der Waals surface area contributed by atoms with Gasteiger partial charge in [-0.3, -0.25) is 4.79 Å². The molecule has 0 aliphatic carbocycles. The molecule has 3 aromatic rings. The number of aromatic nitrogens is 2. The summed E-state index contributed by atoms with van der Waals surface area (Å²) in [6.45, 7) is 2.88. The van der Waals surface area contributed by atoms with Crippen LogP contribution >= 0.6 is 34.8 Å². The molecule has 0 spiro atoms. The number of hydrogen-bond donors (Lipinski definition) is 1. The number of rotatable bonds is 10. The van der Waals surface area contributed by atoms with Crippen molar-refractivity contribution < 1.29 is 23.7 Å². The maximum atomic E-state index is 13.7. The van der Waals surface area contributed by atoms with Gasteiger partial charge >= 0.3 is 0 Å². The second kappa shape index (κ2) is 11.3. The van der Waals surface area contributed by atoms with Gasteiger partial charge in [-0.2, -0.15) is 0 Å². The Morgan fingerprint density at radius 1 is 1.00 bits per heavy atom. The zero-order chi connectivity index (χ0) is 23.3. The summed E-state index contributed by atoms with van der Waals surface area (Å²) in [5.74, 6) is -0.525. The molecule has 0 aliphatic heterocycles. The number of halogens is 4. The molecule has 1 N–H and O–H groups in total. The van der Waals surface area contributed by atoms with Gasteiger partial charge in [-0.1, -0.05) is 34.8 Å². The highest BCUT2D eigenvalue weighted by molar-refractivity contribution is 6.38. The molecule has 11 heteroatoms. The number of benzene rings is 1. The van der Waals surface area contributed by atoms with Crippen molar-refractivity contribution in [3.63, 3.8) is 0 Å². The third-order valence-corrected chi connectivity index (χ3v) is 5.27. The summed E-state index contributed by atoms with van der Waals surface area (Å²) in [7, 11) is 0. The van der Waals surface area contributed by atoms with Crippen molar-refractivity contribution in [3.05, 3.63) is 61.2 Å². The second-order valence-electron chi connectivity index (χ2n) is 6.64. The van der Waals surface area contributed by atoms with Crippen LogP contribution in [0.2, 0.25) is 15.1 Å². The van der Waals surface area contributed by atoms with Gasteiger partial charge in [0.25, 0.3) is 0 Å².